The molecule has 0 unspecified atom stereocenters. The highest BCUT2D eigenvalue weighted by Gasteiger charge is 2.03. The van der Waals surface area contributed by atoms with Gasteiger partial charge in [-0.1, -0.05) is 6.07 Å². The predicted molar refractivity (Wildman–Crippen MR) is 60.8 cm³/mol. The number of benzene rings is 1. The number of phenolic OH excluding ortho intramolecular Hbond substituents is 1. The Morgan fingerprint density at radius 3 is 2.75 bits per heavy atom. The molecule has 2 aromatic rings. The largest absolute Gasteiger partial charge is 0.508 e. The summed E-state index contributed by atoms with van der Waals surface area (Å²) in [6.07, 6.45) is 3.48. The molecule has 0 aliphatic rings. The minimum Gasteiger partial charge on any atom is -0.508 e. The standard InChI is InChI=1S/C12H14N2O2/c1-9(2)14-8-12(7-13-14)16-11-5-3-4-10(15)6-11/h3-9,15H,1-2H3. The molecule has 0 saturated heterocycles. The summed E-state index contributed by atoms with van der Waals surface area (Å²) < 4.78 is 7.36. The molecule has 0 amide bonds. The molecule has 0 radical (unpaired) electrons. The molecule has 1 aromatic carbocycles. The van der Waals surface area contributed by atoms with Crippen LogP contribution in [-0.2, 0) is 0 Å². The maximum Gasteiger partial charge on any atom is 0.165 e. The Morgan fingerprint density at radius 2 is 2.12 bits per heavy atom. The van der Waals surface area contributed by atoms with E-state index in [1.807, 2.05) is 24.7 Å². The highest BCUT2D eigenvalue weighted by molar-refractivity contribution is 5.34. The lowest BCUT2D eigenvalue weighted by Gasteiger charge is -2.04. The normalized spacial score (nSPS) is 10.7. The molecule has 4 heteroatoms. The van der Waals surface area contributed by atoms with Crippen LogP contribution in [0.4, 0.5) is 0 Å². The summed E-state index contributed by atoms with van der Waals surface area (Å²) in [5, 5.41) is 13.4. The Hall–Kier alpha value is -1.97. The van der Waals surface area contributed by atoms with E-state index in [1.54, 1.807) is 30.5 Å². The van der Waals surface area contributed by atoms with Gasteiger partial charge in [-0.15, -0.1) is 0 Å². The molecule has 1 N–H and O–H groups in total. The van der Waals surface area contributed by atoms with Crippen molar-refractivity contribution in [3.05, 3.63) is 36.7 Å². The Balaban J connectivity index is 2.14. The van der Waals surface area contributed by atoms with Crippen LogP contribution in [0.15, 0.2) is 36.7 Å². The number of nitrogens with zero attached hydrogens (tertiary/aromatic N) is 2. The molecule has 0 atom stereocenters. The SMILES string of the molecule is CC(C)n1cc(Oc2cccc(O)c2)cn1. The molecule has 1 aromatic heterocycles. The maximum atomic E-state index is 9.28. The highest BCUT2D eigenvalue weighted by atomic mass is 16.5. The van der Waals surface area contributed by atoms with E-state index in [0.717, 1.165) is 0 Å². The number of phenols is 1. The molecule has 0 bridgehead atoms. The number of hydrogen-bond acceptors (Lipinski definition) is 3. The number of aromatic nitrogens is 2. The third kappa shape index (κ3) is 2.34. The van der Waals surface area contributed by atoms with Gasteiger partial charge in [0.15, 0.2) is 5.75 Å². The van der Waals surface area contributed by atoms with E-state index >= 15 is 0 Å². The molecule has 0 aliphatic heterocycles. The lowest BCUT2D eigenvalue weighted by Crippen LogP contribution is -1.99. The minimum atomic E-state index is 0.189. The van der Waals surface area contributed by atoms with Crippen LogP contribution in [0, 0.1) is 0 Å². The van der Waals surface area contributed by atoms with E-state index in [-0.39, 0.29) is 5.75 Å². The van der Waals surface area contributed by atoms with E-state index in [1.165, 1.54) is 0 Å². The topological polar surface area (TPSA) is 47.3 Å². The third-order valence-electron chi connectivity index (χ3n) is 2.16. The van der Waals surface area contributed by atoms with Crippen molar-refractivity contribution in [3.63, 3.8) is 0 Å². The van der Waals surface area contributed by atoms with Gasteiger partial charge in [0.2, 0.25) is 0 Å². The average Bonchev–Trinajstić information content (AvgIpc) is 2.66. The van der Waals surface area contributed by atoms with Crippen molar-refractivity contribution in [2.75, 3.05) is 0 Å². The first kappa shape index (κ1) is 10.5. The monoisotopic (exact) mass is 218 g/mol. The zero-order valence-corrected chi connectivity index (χ0v) is 9.29. The number of rotatable bonds is 3. The summed E-state index contributed by atoms with van der Waals surface area (Å²) in [4.78, 5) is 0. The molecule has 0 fully saturated rings. The number of hydrogen-bond donors (Lipinski definition) is 1. The Kier molecular flexibility index (Phi) is 2.81. The highest BCUT2D eigenvalue weighted by Crippen LogP contribution is 2.24. The van der Waals surface area contributed by atoms with Crippen molar-refractivity contribution in [1.29, 1.82) is 0 Å². The summed E-state index contributed by atoms with van der Waals surface area (Å²) in [5.74, 6) is 1.45. The van der Waals surface area contributed by atoms with Gasteiger partial charge in [-0.3, -0.25) is 4.68 Å². The zero-order chi connectivity index (χ0) is 11.5. The van der Waals surface area contributed by atoms with Crippen LogP contribution in [0.2, 0.25) is 0 Å². The molecule has 0 saturated carbocycles. The van der Waals surface area contributed by atoms with Crippen molar-refractivity contribution in [1.82, 2.24) is 9.78 Å². The molecule has 1 heterocycles. The van der Waals surface area contributed by atoms with Gasteiger partial charge < -0.3 is 9.84 Å². The molecule has 16 heavy (non-hydrogen) atoms. The van der Waals surface area contributed by atoms with Crippen LogP contribution >= 0.6 is 0 Å². The summed E-state index contributed by atoms with van der Waals surface area (Å²) in [6.45, 7) is 4.09. The molecule has 0 spiro atoms. The van der Waals surface area contributed by atoms with Crippen LogP contribution in [0.1, 0.15) is 19.9 Å². The smallest absolute Gasteiger partial charge is 0.165 e. The van der Waals surface area contributed by atoms with Crippen molar-refractivity contribution < 1.29 is 9.84 Å². The van der Waals surface area contributed by atoms with Crippen LogP contribution in [0.3, 0.4) is 0 Å². The van der Waals surface area contributed by atoms with Gasteiger partial charge >= 0.3 is 0 Å². The Bertz CT molecular complexity index is 477. The molecule has 2 rings (SSSR count). The fraction of sp³-hybridized carbons (Fsp3) is 0.250. The van der Waals surface area contributed by atoms with Gasteiger partial charge in [0.05, 0.1) is 12.4 Å². The molecule has 4 nitrogen and oxygen atoms in total. The summed E-state index contributed by atoms with van der Waals surface area (Å²) in [6, 6.07) is 6.99. The minimum absolute atomic E-state index is 0.189. The summed E-state index contributed by atoms with van der Waals surface area (Å²) >= 11 is 0. The molecule has 0 aliphatic carbocycles. The van der Waals surface area contributed by atoms with Crippen molar-refractivity contribution >= 4 is 0 Å². The van der Waals surface area contributed by atoms with E-state index < -0.39 is 0 Å². The van der Waals surface area contributed by atoms with E-state index in [9.17, 15) is 5.11 Å². The Morgan fingerprint density at radius 1 is 1.31 bits per heavy atom. The second-order valence-electron chi connectivity index (χ2n) is 3.85. The van der Waals surface area contributed by atoms with Crippen molar-refractivity contribution in [3.8, 4) is 17.2 Å². The van der Waals surface area contributed by atoms with Gasteiger partial charge in [0.25, 0.3) is 0 Å². The van der Waals surface area contributed by atoms with Gasteiger partial charge in [-0.2, -0.15) is 5.10 Å². The second-order valence-corrected chi connectivity index (χ2v) is 3.85. The van der Waals surface area contributed by atoms with Gasteiger partial charge in [0.1, 0.15) is 11.5 Å². The molecule has 84 valence electrons. The quantitative estimate of drug-likeness (QED) is 0.861. The fourth-order valence-corrected chi connectivity index (χ4v) is 1.34. The van der Waals surface area contributed by atoms with E-state index in [4.69, 9.17) is 4.74 Å². The van der Waals surface area contributed by atoms with Crippen LogP contribution < -0.4 is 4.74 Å². The second kappa shape index (κ2) is 4.26. The van der Waals surface area contributed by atoms with Crippen molar-refractivity contribution in [2.24, 2.45) is 0 Å². The lowest BCUT2D eigenvalue weighted by atomic mass is 10.3. The Labute approximate surface area is 94.1 Å². The van der Waals surface area contributed by atoms with Gasteiger partial charge in [-0.05, 0) is 26.0 Å². The van der Waals surface area contributed by atoms with Crippen LogP contribution in [-0.4, -0.2) is 14.9 Å². The van der Waals surface area contributed by atoms with Gasteiger partial charge in [-0.25, -0.2) is 0 Å². The maximum absolute atomic E-state index is 9.28. The first-order chi connectivity index (χ1) is 7.65. The molecular weight excluding hydrogens is 204 g/mol. The third-order valence-corrected chi connectivity index (χ3v) is 2.16. The predicted octanol–water partition coefficient (Wildman–Crippen LogP) is 2.96. The number of aromatic hydroxyl groups is 1. The van der Waals surface area contributed by atoms with Crippen molar-refractivity contribution in [2.45, 2.75) is 19.9 Å². The zero-order valence-electron chi connectivity index (χ0n) is 9.29. The van der Waals surface area contributed by atoms with E-state index in [0.29, 0.717) is 17.5 Å². The van der Waals surface area contributed by atoms with Crippen LogP contribution in [0.25, 0.3) is 0 Å². The first-order valence-corrected chi connectivity index (χ1v) is 5.16. The molecular formula is C12H14N2O2. The number of ether oxygens (including phenoxy) is 1. The first-order valence-electron chi connectivity index (χ1n) is 5.16. The average molecular weight is 218 g/mol. The van der Waals surface area contributed by atoms with Crippen LogP contribution in [0.5, 0.6) is 17.2 Å². The summed E-state index contributed by atoms with van der Waals surface area (Å²) in [5.41, 5.74) is 0. The van der Waals surface area contributed by atoms with E-state index in [2.05, 4.69) is 5.10 Å². The van der Waals surface area contributed by atoms with Gasteiger partial charge in [0, 0.05) is 12.1 Å². The lowest BCUT2D eigenvalue weighted by molar-refractivity contribution is 0.453. The summed E-state index contributed by atoms with van der Waals surface area (Å²) in [7, 11) is 0. The fourth-order valence-electron chi connectivity index (χ4n) is 1.34.